The highest BCUT2D eigenvalue weighted by atomic mass is 79.9. The first kappa shape index (κ1) is 28.9. The lowest BCUT2D eigenvalue weighted by Crippen LogP contribution is -2.29. The molecule has 0 radical (unpaired) electrons. The number of unbranched alkanes of at least 4 members (excludes halogenated alkanes) is 6. The van der Waals surface area contributed by atoms with E-state index in [1.165, 1.54) is 73.6 Å². The summed E-state index contributed by atoms with van der Waals surface area (Å²) in [7, 11) is 0. The van der Waals surface area contributed by atoms with E-state index in [0.717, 1.165) is 49.6 Å². The van der Waals surface area contributed by atoms with E-state index >= 15 is 0 Å². The van der Waals surface area contributed by atoms with Crippen molar-refractivity contribution in [1.29, 1.82) is 0 Å². The number of aliphatic hydroxyl groups is 1. The van der Waals surface area contributed by atoms with Crippen LogP contribution in [0.3, 0.4) is 0 Å². The van der Waals surface area contributed by atoms with Gasteiger partial charge in [-0.05, 0) is 76.1 Å². The first-order valence-electron chi connectivity index (χ1n) is 15.5. The third kappa shape index (κ3) is 4.86. The Kier molecular flexibility index (Phi) is 8.33. The minimum Gasteiger partial charge on any atom is -0.376 e. The van der Waals surface area contributed by atoms with Crippen LogP contribution < -0.4 is 0 Å². The summed E-state index contributed by atoms with van der Waals surface area (Å²) in [5, 5.41) is 12.9. The van der Waals surface area contributed by atoms with Crippen molar-refractivity contribution in [2.24, 2.45) is 0 Å². The van der Waals surface area contributed by atoms with E-state index < -0.39 is 5.60 Å². The first-order chi connectivity index (χ1) is 19.9. The minimum absolute atomic E-state index is 0.0153. The van der Waals surface area contributed by atoms with E-state index in [2.05, 4.69) is 125 Å². The van der Waals surface area contributed by atoms with E-state index in [9.17, 15) is 5.11 Å². The van der Waals surface area contributed by atoms with Gasteiger partial charge >= 0.3 is 0 Å². The Hall–Kier alpha value is -2.20. The zero-order chi connectivity index (χ0) is 28.6. The SMILES string of the molecule is CCCCCCC1(CCCCCC)c2ccccc2-c2ccc(C3(O)c4cc(Br)ccc4-c4ccc(Br)cc43)cc21. The smallest absolute Gasteiger partial charge is 0.141 e. The van der Waals surface area contributed by atoms with Gasteiger partial charge < -0.3 is 5.11 Å². The van der Waals surface area contributed by atoms with Crippen molar-refractivity contribution in [3.63, 3.8) is 0 Å². The largest absolute Gasteiger partial charge is 0.376 e. The molecule has 1 nitrogen and oxygen atoms in total. The maximum atomic E-state index is 12.9. The van der Waals surface area contributed by atoms with Crippen molar-refractivity contribution in [2.45, 2.75) is 89.1 Å². The fraction of sp³-hybridized carbons (Fsp3) is 0.368. The predicted molar refractivity (Wildman–Crippen MR) is 180 cm³/mol. The highest BCUT2D eigenvalue weighted by Crippen LogP contribution is 2.57. The molecule has 4 aromatic carbocycles. The van der Waals surface area contributed by atoms with E-state index in [4.69, 9.17) is 0 Å². The van der Waals surface area contributed by atoms with Gasteiger partial charge in [0.25, 0.3) is 0 Å². The molecule has 0 fully saturated rings. The Labute approximate surface area is 262 Å². The summed E-state index contributed by atoms with van der Waals surface area (Å²) in [6.07, 6.45) is 12.4. The lowest BCUT2D eigenvalue weighted by molar-refractivity contribution is 0.130. The maximum Gasteiger partial charge on any atom is 0.141 e. The van der Waals surface area contributed by atoms with Crippen molar-refractivity contribution < 1.29 is 5.11 Å². The van der Waals surface area contributed by atoms with E-state index in [1.54, 1.807) is 0 Å². The van der Waals surface area contributed by atoms with Crippen molar-refractivity contribution in [2.75, 3.05) is 0 Å². The van der Waals surface area contributed by atoms with Crippen LogP contribution in [0, 0.1) is 0 Å². The molecule has 6 rings (SSSR count). The molecule has 4 aromatic rings. The van der Waals surface area contributed by atoms with Gasteiger partial charge in [0.05, 0.1) is 0 Å². The molecule has 0 unspecified atom stereocenters. The van der Waals surface area contributed by atoms with Gasteiger partial charge in [-0.25, -0.2) is 0 Å². The number of halogens is 2. The van der Waals surface area contributed by atoms with Crippen LogP contribution in [0.1, 0.15) is 106 Å². The lowest BCUT2D eigenvalue weighted by atomic mass is 9.69. The van der Waals surface area contributed by atoms with Gasteiger partial charge in [-0.1, -0.05) is 152 Å². The molecule has 0 aromatic heterocycles. The summed E-state index contributed by atoms with van der Waals surface area (Å²) in [6, 6.07) is 28.6. The Balaban J connectivity index is 1.54. The van der Waals surface area contributed by atoms with Crippen molar-refractivity contribution in [1.82, 2.24) is 0 Å². The molecule has 0 spiro atoms. The molecule has 0 bridgehead atoms. The van der Waals surface area contributed by atoms with E-state index in [1.807, 2.05) is 0 Å². The van der Waals surface area contributed by atoms with Crippen molar-refractivity contribution in [3.8, 4) is 22.3 Å². The molecule has 3 heteroatoms. The van der Waals surface area contributed by atoms with Gasteiger partial charge in [0.2, 0.25) is 0 Å². The number of fused-ring (bicyclic) bond motifs is 6. The zero-order valence-electron chi connectivity index (χ0n) is 24.3. The van der Waals surface area contributed by atoms with Gasteiger partial charge in [0.15, 0.2) is 0 Å². The maximum absolute atomic E-state index is 12.9. The Bertz CT molecular complexity index is 1510. The third-order valence-electron chi connectivity index (χ3n) is 9.63. The van der Waals surface area contributed by atoms with Crippen LogP contribution in [-0.2, 0) is 11.0 Å². The molecule has 2 aliphatic carbocycles. The van der Waals surface area contributed by atoms with Crippen LogP contribution in [0.15, 0.2) is 87.8 Å². The van der Waals surface area contributed by atoms with E-state index in [-0.39, 0.29) is 5.41 Å². The second-order valence-electron chi connectivity index (χ2n) is 12.1. The average Bonchev–Trinajstić information content (AvgIpc) is 3.40. The number of rotatable bonds is 11. The summed E-state index contributed by atoms with van der Waals surface area (Å²) in [6.45, 7) is 4.59. The summed E-state index contributed by atoms with van der Waals surface area (Å²) >= 11 is 7.40. The quantitative estimate of drug-likeness (QED) is 0.157. The fourth-order valence-electron chi connectivity index (χ4n) is 7.61. The van der Waals surface area contributed by atoms with Gasteiger partial charge in [0, 0.05) is 25.5 Å². The van der Waals surface area contributed by atoms with Crippen LogP contribution in [0.4, 0.5) is 0 Å². The van der Waals surface area contributed by atoms with Crippen LogP contribution in [-0.4, -0.2) is 5.11 Å². The molecule has 0 aliphatic heterocycles. The highest BCUT2D eigenvalue weighted by Gasteiger charge is 2.47. The Morgan fingerprint density at radius 2 is 1.05 bits per heavy atom. The summed E-state index contributed by atoms with van der Waals surface area (Å²) < 4.78 is 1.97. The standard InChI is InChI=1S/C38H40Br2O/c1-3-5-7-11-21-37(22-12-8-6-4-2)33-14-10-9-13-29(33)30-18-15-26(23-34(30)37)38(41)35-24-27(39)16-19-31(35)32-20-17-28(40)25-36(32)38/h9-10,13-20,23-25,41H,3-8,11-12,21-22H2,1-2H3. The zero-order valence-corrected chi connectivity index (χ0v) is 27.5. The number of hydrogen-bond acceptors (Lipinski definition) is 1. The monoisotopic (exact) mass is 670 g/mol. The molecule has 0 amide bonds. The van der Waals surface area contributed by atoms with Crippen LogP contribution in [0.5, 0.6) is 0 Å². The predicted octanol–water partition coefficient (Wildman–Crippen LogP) is 11.7. The normalized spacial score (nSPS) is 15.3. The van der Waals surface area contributed by atoms with Gasteiger partial charge in [-0.3, -0.25) is 0 Å². The van der Waals surface area contributed by atoms with Gasteiger partial charge in [-0.2, -0.15) is 0 Å². The molecular formula is C38H40Br2O. The van der Waals surface area contributed by atoms with Crippen molar-refractivity contribution >= 4 is 31.9 Å². The topological polar surface area (TPSA) is 20.2 Å². The molecule has 0 saturated carbocycles. The summed E-state index contributed by atoms with van der Waals surface area (Å²) in [5.74, 6) is 0. The second-order valence-corrected chi connectivity index (χ2v) is 13.9. The Morgan fingerprint density at radius 1 is 0.537 bits per heavy atom. The van der Waals surface area contributed by atoms with Crippen molar-refractivity contribution in [3.05, 3.63) is 116 Å². The molecule has 2 aliphatic rings. The van der Waals surface area contributed by atoms with Crippen LogP contribution >= 0.6 is 31.9 Å². The van der Waals surface area contributed by atoms with Crippen LogP contribution in [0.2, 0.25) is 0 Å². The lowest BCUT2D eigenvalue weighted by Gasteiger charge is -2.34. The molecular weight excluding hydrogens is 632 g/mol. The van der Waals surface area contributed by atoms with Gasteiger partial charge in [-0.15, -0.1) is 0 Å². The summed E-state index contributed by atoms with van der Waals surface area (Å²) in [4.78, 5) is 0. The third-order valence-corrected chi connectivity index (χ3v) is 10.6. The molecule has 212 valence electrons. The minimum atomic E-state index is -1.22. The molecule has 1 N–H and O–H groups in total. The molecule has 0 heterocycles. The van der Waals surface area contributed by atoms with Gasteiger partial charge in [0.1, 0.15) is 5.60 Å². The van der Waals surface area contributed by atoms with Crippen LogP contribution in [0.25, 0.3) is 22.3 Å². The molecule has 41 heavy (non-hydrogen) atoms. The molecule has 0 saturated heterocycles. The Morgan fingerprint density at radius 3 is 1.63 bits per heavy atom. The second kappa shape index (κ2) is 11.8. The number of hydrogen-bond donors (Lipinski definition) is 1. The number of benzene rings is 4. The van der Waals surface area contributed by atoms with E-state index in [0.29, 0.717) is 0 Å². The molecule has 0 atom stereocenters. The first-order valence-corrected chi connectivity index (χ1v) is 17.1. The summed E-state index contributed by atoms with van der Waals surface area (Å²) in [5.41, 5.74) is 9.47. The fourth-order valence-corrected chi connectivity index (χ4v) is 8.33. The average molecular weight is 673 g/mol. The highest BCUT2D eigenvalue weighted by molar-refractivity contribution is 9.10.